The first-order chi connectivity index (χ1) is 8.50. The van der Waals surface area contributed by atoms with Crippen LogP contribution in [-0.4, -0.2) is 16.2 Å². The minimum Gasteiger partial charge on any atom is -0.478 e. The first kappa shape index (κ1) is 12.7. The standard InChI is InChI=1S/C12H8F2O3S/c13-8-4-6(7(12(16)17)5-9(8)14)11(15)10-2-1-3-18-10/h1-5,11,15H,(H,16,17). The summed E-state index contributed by atoms with van der Waals surface area (Å²) in [6.45, 7) is 0. The molecule has 0 radical (unpaired) electrons. The summed E-state index contributed by atoms with van der Waals surface area (Å²) in [7, 11) is 0. The molecule has 0 bridgehead atoms. The van der Waals surface area contributed by atoms with Crippen molar-refractivity contribution in [2.45, 2.75) is 6.10 Å². The van der Waals surface area contributed by atoms with E-state index in [-0.39, 0.29) is 5.56 Å². The number of thiophene rings is 1. The monoisotopic (exact) mass is 270 g/mol. The largest absolute Gasteiger partial charge is 0.478 e. The Hall–Kier alpha value is -1.79. The predicted molar refractivity (Wildman–Crippen MR) is 61.7 cm³/mol. The van der Waals surface area contributed by atoms with E-state index in [2.05, 4.69) is 0 Å². The van der Waals surface area contributed by atoms with Gasteiger partial charge in [-0.2, -0.15) is 0 Å². The Morgan fingerprint density at radius 2 is 1.94 bits per heavy atom. The van der Waals surface area contributed by atoms with Gasteiger partial charge in [-0.15, -0.1) is 11.3 Å². The van der Waals surface area contributed by atoms with Crippen LogP contribution in [0.5, 0.6) is 0 Å². The van der Waals surface area contributed by atoms with E-state index >= 15 is 0 Å². The molecular weight excluding hydrogens is 262 g/mol. The van der Waals surface area contributed by atoms with E-state index in [1.54, 1.807) is 17.5 Å². The molecule has 1 unspecified atom stereocenters. The maximum Gasteiger partial charge on any atom is 0.336 e. The first-order valence-corrected chi connectivity index (χ1v) is 5.82. The third kappa shape index (κ3) is 2.25. The van der Waals surface area contributed by atoms with Crippen LogP contribution in [0.1, 0.15) is 26.9 Å². The fraction of sp³-hybridized carbons (Fsp3) is 0.0833. The predicted octanol–water partition coefficient (Wildman–Crippen LogP) is 2.81. The van der Waals surface area contributed by atoms with Crippen molar-refractivity contribution in [2.24, 2.45) is 0 Å². The van der Waals surface area contributed by atoms with Gasteiger partial charge in [0.25, 0.3) is 0 Å². The molecule has 0 aliphatic carbocycles. The van der Waals surface area contributed by atoms with Crippen LogP contribution in [0.15, 0.2) is 29.6 Å². The number of aliphatic hydroxyl groups excluding tert-OH is 1. The molecule has 0 fully saturated rings. The summed E-state index contributed by atoms with van der Waals surface area (Å²) in [5.41, 5.74) is -0.612. The van der Waals surface area contributed by atoms with E-state index in [0.717, 1.165) is 0 Å². The lowest BCUT2D eigenvalue weighted by molar-refractivity contribution is 0.0690. The number of carbonyl (C=O) groups is 1. The number of aliphatic hydroxyl groups is 1. The second kappa shape index (κ2) is 4.83. The highest BCUT2D eigenvalue weighted by atomic mass is 32.1. The van der Waals surface area contributed by atoms with E-state index in [9.17, 15) is 18.7 Å². The highest BCUT2D eigenvalue weighted by Gasteiger charge is 2.22. The molecule has 94 valence electrons. The van der Waals surface area contributed by atoms with Gasteiger partial charge in [0.15, 0.2) is 11.6 Å². The molecule has 6 heteroatoms. The normalized spacial score (nSPS) is 12.4. The van der Waals surface area contributed by atoms with Crippen LogP contribution in [0.25, 0.3) is 0 Å². The smallest absolute Gasteiger partial charge is 0.336 e. The number of aromatic carboxylic acids is 1. The van der Waals surface area contributed by atoms with Crippen molar-refractivity contribution in [1.29, 1.82) is 0 Å². The zero-order valence-corrected chi connectivity index (χ0v) is 9.75. The molecular formula is C12H8F2O3S. The summed E-state index contributed by atoms with van der Waals surface area (Å²) in [6.07, 6.45) is -1.29. The zero-order chi connectivity index (χ0) is 13.3. The van der Waals surface area contributed by atoms with Gasteiger partial charge in [0, 0.05) is 10.4 Å². The van der Waals surface area contributed by atoms with Gasteiger partial charge in [-0.1, -0.05) is 6.07 Å². The van der Waals surface area contributed by atoms with Crippen molar-refractivity contribution < 1.29 is 23.8 Å². The van der Waals surface area contributed by atoms with Crippen LogP contribution in [0.3, 0.4) is 0 Å². The average Bonchev–Trinajstić information content (AvgIpc) is 2.84. The topological polar surface area (TPSA) is 57.5 Å². The quantitative estimate of drug-likeness (QED) is 0.901. The van der Waals surface area contributed by atoms with Crippen molar-refractivity contribution in [3.8, 4) is 0 Å². The maximum atomic E-state index is 13.1. The molecule has 0 amide bonds. The third-order valence-corrected chi connectivity index (χ3v) is 3.35. The second-order valence-electron chi connectivity index (χ2n) is 3.58. The van der Waals surface area contributed by atoms with Gasteiger partial charge in [-0.3, -0.25) is 0 Å². The maximum absolute atomic E-state index is 13.1. The Morgan fingerprint density at radius 1 is 1.28 bits per heavy atom. The number of carboxylic acid groups (broad SMARTS) is 1. The number of carboxylic acids is 1. The van der Waals surface area contributed by atoms with Crippen LogP contribution >= 0.6 is 11.3 Å². The van der Waals surface area contributed by atoms with Gasteiger partial charge in [0.05, 0.1) is 5.56 Å². The van der Waals surface area contributed by atoms with E-state index in [4.69, 9.17) is 5.11 Å². The second-order valence-corrected chi connectivity index (χ2v) is 4.56. The molecule has 2 N–H and O–H groups in total. The Morgan fingerprint density at radius 3 is 2.50 bits per heavy atom. The van der Waals surface area contributed by atoms with Gasteiger partial charge in [0.1, 0.15) is 6.10 Å². The number of benzene rings is 1. The van der Waals surface area contributed by atoms with Crippen molar-refractivity contribution in [2.75, 3.05) is 0 Å². The van der Waals surface area contributed by atoms with Gasteiger partial charge >= 0.3 is 5.97 Å². The summed E-state index contributed by atoms with van der Waals surface area (Å²) < 4.78 is 26.2. The molecule has 0 spiro atoms. The minimum absolute atomic E-state index is 0.163. The van der Waals surface area contributed by atoms with Crippen molar-refractivity contribution in [3.05, 3.63) is 57.3 Å². The summed E-state index contributed by atoms with van der Waals surface area (Å²) in [5, 5.41) is 20.6. The van der Waals surface area contributed by atoms with Crippen LogP contribution in [0.2, 0.25) is 0 Å². The van der Waals surface area contributed by atoms with Gasteiger partial charge < -0.3 is 10.2 Å². The molecule has 3 nitrogen and oxygen atoms in total. The Kier molecular flexibility index (Phi) is 3.40. The molecule has 0 saturated carbocycles. The molecule has 1 aromatic carbocycles. The van der Waals surface area contributed by atoms with Crippen molar-refractivity contribution >= 4 is 17.3 Å². The lowest BCUT2D eigenvalue weighted by atomic mass is 10.0. The van der Waals surface area contributed by atoms with E-state index in [1.165, 1.54) is 11.3 Å². The van der Waals surface area contributed by atoms with Gasteiger partial charge in [-0.05, 0) is 23.6 Å². The molecule has 18 heavy (non-hydrogen) atoms. The fourth-order valence-electron chi connectivity index (χ4n) is 1.57. The number of rotatable bonds is 3. The summed E-state index contributed by atoms with van der Waals surface area (Å²) >= 11 is 1.20. The number of hydrogen-bond acceptors (Lipinski definition) is 3. The average molecular weight is 270 g/mol. The van der Waals surface area contributed by atoms with E-state index < -0.39 is 29.3 Å². The zero-order valence-electron chi connectivity index (χ0n) is 8.93. The summed E-state index contributed by atoms with van der Waals surface area (Å²) in [4.78, 5) is 11.4. The van der Waals surface area contributed by atoms with Crippen LogP contribution in [0, 0.1) is 11.6 Å². The van der Waals surface area contributed by atoms with E-state index in [0.29, 0.717) is 17.0 Å². The SMILES string of the molecule is O=C(O)c1cc(F)c(F)cc1C(O)c1cccs1. The molecule has 1 atom stereocenters. The molecule has 0 saturated heterocycles. The number of hydrogen-bond donors (Lipinski definition) is 2. The number of halogens is 2. The highest BCUT2D eigenvalue weighted by Crippen LogP contribution is 2.29. The minimum atomic E-state index is -1.42. The third-order valence-electron chi connectivity index (χ3n) is 2.43. The molecule has 2 aromatic rings. The van der Waals surface area contributed by atoms with Crippen LogP contribution in [0.4, 0.5) is 8.78 Å². The molecule has 0 aliphatic rings. The highest BCUT2D eigenvalue weighted by molar-refractivity contribution is 7.10. The Labute approximate surface area is 105 Å². The van der Waals surface area contributed by atoms with Gasteiger partial charge in [0.2, 0.25) is 0 Å². The van der Waals surface area contributed by atoms with Crippen LogP contribution < -0.4 is 0 Å². The molecule has 0 aliphatic heterocycles. The fourth-order valence-corrected chi connectivity index (χ4v) is 2.30. The Bertz CT molecular complexity index is 581. The molecule has 1 aromatic heterocycles. The summed E-state index contributed by atoms with van der Waals surface area (Å²) in [6, 6.07) is 4.54. The van der Waals surface area contributed by atoms with Gasteiger partial charge in [-0.25, -0.2) is 13.6 Å². The van der Waals surface area contributed by atoms with E-state index in [1.807, 2.05) is 0 Å². The lowest BCUT2D eigenvalue weighted by Crippen LogP contribution is -2.09. The Balaban J connectivity index is 2.55. The van der Waals surface area contributed by atoms with Crippen LogP contribution in [-0.2, 0) is 0 Å². The molecule has 1 heterocycles. The first-order valence-electron chi connectivity index (χ1n) is 4.94. The summed E-state index contributed by atoms with van der Waals surface area (Å²) in [5.74, 6) is -3.86. The lowest BCUT2D eigenvalue weighted by Gasteiger charge is -2.12. The van der Waals surface area contributed by atoms with Crippen molar-refractivity contribution in [3.63, 3.8) is 0 Å². The molecule has 2 rings (SSSR count). The van der Waals surface area contributed by atoms with Crippen molar-refractivity contribution in [1.82, 2.24) is 0 Å².